The molecule has 1 saturated heterocycles. The molecule has 172 valence electrons. The van der Waals surface area contributed by atoms with Crippen molar-refractivity contribution in [1.82, 2.24) is 13.9 Å². The molecule has 2 aromatic heterocycles. The van der Waals surface area contributed by atoms with Crippen molar-refractivity contribution in [3.8, 4) is 5.75 Å². The van der Waals surface area contributed by atoms with E-state index in [-0.39, 0.29) is 18.9 Å². The zero-order valence-corrected chi connectivity index (χ0v) is 20.2. The summed E-state index contributed by atoms with van der Waals surface area (Å²) in [5.41, 5.74) is 1.97. The maximum Gasteiger partial charge on any atom is 0.272 e. The Bertz CT molecular complexity index is 1360. The Balaban J connectivity index is 0.00000259. The Hall–Kier alpha value is -2.60. The lowest BCUT2D eigenvalue weighted by molar-refractivity contribution is 0.408. The van der Waals surface area contributed by atoms with Crippen molar-refractivity contribution in [2.45, 2.75) is 26.2 Å². The highest BCUT2D eigenvalue weighted by Gasteiger charge is 2.25. The first-order valence-electron chi connectivity index (χ1n) is 10.2. The number of hydrogen-bond acceptors (Lipinski definition) is 8. The highest BCUT2D eigenvalue weighted by molar-refractivity contribution is 14.2. The van der Waals surface area contributed by atoms with Crippen molar-refractivity contribution in [2.24, 2.45) is 0 Å². The highest BCUT2D eigenvalue weighted by atomic mass is 127. The van der Waals surface area contributed by atoms with Gasteiger partial charge in [0.25, 0.3) is 10.9 Å². The molecule has 8 nitrogen and oxygen atoms in total. The molecule has 0 saturated carbocycles. The Morgan fingerprint density at radius 2 is 2.06 bits per heavy atom. The SMILES string of the molecule is C.COc1c(Nc2cccc(C3CCCN(c4ncnc5c4ccn5SI)C3)c2)c(=O)c1=O. The molecule has 3 heterocycles. The predicted molar refractivity (Wildman–Crippen MR) is 143 cm³/mol. The van der Waals surface area contributed by atoms with Crippen LogP contribution in [0.25, 0.3) is 11.0 Å². The van der Waals surface area contributed by atoms with Gasteiger partial charge in [-0.05, 0) is 36.6 Å². The van der Waals surface area contributed by atoms with E-state index in [0.717, 1.165) is 48.5 Å². The van der Waals surface area contributed by atoms with Gasteiger partial charge in [-0.15, -0.1) is 0 Å². The highest BCUT2D eigenvalue weighted by Crippen LogP contribution is 2.34. The van der Waals surface area contributed by atoms with Crippen molar-refractivity contribution in [3.05, 3.63) is 68.9 Å². The second kappa shape index (κ2) is 9.72. The van der Waals surface area contributed by atoms with Crippen LogP contribution in [0, 0.1) is 0 Å². The van der Waals surface area contributed by atoms with Crippen molar-refractivity contribution < 1.29 is 4.74 Å². The molecule has 0 bridgehead atoms. The van der Waals surface area contributed by atoms with Crippen LogP contribution in [0.3, 0.4) is 0 Å². The quantitative estimate of drug-likeness (QED) is 0.262. The van der Waals surface area contributed by atoms with Crippen LogP contribution in [-0.4, -0.2) is 34.1 Å². The Kier molecular flexibility index (Phi) is 6.94. The number of piperidine rings is 1. The molecule has 1 fully saturated rings. The third kappa shape index (κ3) is 4.21. The van der Waals surface area contributed by atoms with Gasteiger partial charge in [-0.25, -0.2) is 9.97 Å². The Morgan fingerprint density at radius 1 is 1.21 bits per heavy atom. The number of nitrogens with one attached hydrogen (secondary N) is 1. The first kappa shape index (κ1) is 23.6. The second-order valence-corrected chi connectivity index (χ2v) is 9.46. The number of hydrogen-bond donors (Lipinski definition) is 1. The minimum Gasteiger partial charge on any atom is -0.491 e. The van der Waals surface area contributed by atoms with Gasteiger partial charge in [-0.1, -0.05) is 19.6 Å². The number of benzene rings is 1. The maximum absolute atomic E-state index is 11.9. The number of rotatable bonds is 6. The summed E-state index contributed by atoms with van der Waals surface area (Å²) in [6.45, 7) is 1.80. The van der Waals surface area contributed by atoms with Gasteiger partial charge < -0.3 is 15.0 Å². The predicted octanol–water partition coefficient (Wildman–Crippen LogP) is 4.65. The molecule has 2 aromatic carbocycles. The van der Waals surface area contributed by atoms with E-state index < -0.39 is 10.9 Å². The van der Waals surface area contributed by atoms with Crippen LogP contribution in [0.15, 0.2) is 52.4 Å². The lowest BCUT2D eigenvalue weighted by Gasteiger charge is -2.34. The van der Waals surface area contributed by atoms with Crippen molar-refractivity contribution in [2.75, 3.05) is 30.4 Å². The van der Waals surface area contributed by atoms with Crippen LogP contribution in [0.5, 0.6) is 5.75 Å². The zero-order chi connectivity index (χ0) is 22.2. The number of ether oxygens (including phenoxy) is 1. The molecule has 1 N–H and O–H groups in total. The van der Waals surface area contributed by atoms with Crippen molar-refractivity contribution >= 4 is 58.6 Å². The Morgan fingerprint density at radius 3 is 2.85 bits per heavy atom. The van der Waals surface area contributed by atoms with E-state index in [1.54, 1.807) is 15.4 Å². The molecule has 0 spiro atoms. The topological polar surface area (TPSA) is 89.3 Å². The number of nitrogens with zero attached hydrogens (tertiary/aromatic N) is 4. The summed E-state index contributed by atoms with van der Waals surface area (Å²) < 4.78 is 7.07. The van der Waals surface area contributed by atoms with Crippen LogP contribution >= 0.6 is 30.3 Å². The van der Waals surface area contributed by atoms with Crippen LogP contribution < -0.4 is 25.8 Å². The largest absolute Gasteiger partial charge is 0.491 e. The lowest BCUT2D eigenvalue weighted by Crippen LogP contribution is -2.35. The summed E-state index contributed by atoms with van der Waals surface area (Å²) in [6, 6.07) is 10.1. The van der Waals surface area contributed by atoms with E-state index in [4.69, 9.17) is 4.74 Å². The minimum absolute atomic E-state index is 0. The van der Waals surface area contributed by atoms with Gasteiger partial charge in [-0.3, -0.25) is 13.6 Å². The smallest absolute Gasteiger partial charge is 0.272 e. The maximum atomic E-state index is 11.9. The average molecular weight is 577 g/mol. The van der Waals surface area contributed by atoms with Crippen molar-refractivity contribution in [3.63, 3.8) is 0 Å². The number of anilines is 3. The van der Waals surface area contributed by atoms with E-state index in [1.807, 2.05) is 28.4 Å². The van der Waals surface area contributed by atoms with Gasteiger partial charge in [0.2, 0.25) is 0 Å². The molecule has 5 rings (SSSR count). The van der Waals surface area contributed by atoms with E-state index in [9.17, 15) is 9.59 Å². The number of fused-ring (bicyclic) bond motifs is 1. The summed E-state index contributed by atoms with van der Waals surface area (Å²) in [5, 5.41) is 4.12. The van der Waals surface area contributed by atoms with Crippen LogP contribution in [0.4, 0.5) is 17.2 Å². The monoisotopic (exact) mass is 577 g/mol. The molecule has 0 radical (unpaired) electrons. The summed E-state index contributed by atoms with van der Waals surface area (Å²) in [7, 11) is 2.98. The van der Waals surface area contributed by atoms with Gasteiger partial charge >= 0.3 is 0 Å². The fraction of sp³-hybridized carbons (Fsp3) is 0.304. The second-order valence-electron chi connectivity index (χ2n) is 7.75. The number of methoxy groups -OCH3 is 1. The molecular weight excluding hydrogens is 553 g/mol. The molecule has 1 aliphatic heterocycles. The molecule has 1 unspecified atom stereocenters. The third-order valence-electron chi connectivity index (χ3n) is 5.92. The first-order chi connectivity index (χ1) is 15.6. The fourth-order valence-electron chi connectivity index (χ4n) is 4.36. The molecule has 0 amide bonds. The van der Waals surface area contributed by atoms with Crippen LogP contribution in [-0.2, 0) is 0 Å². The van der Waals surface area contributed by atoms with E-state index >= 15 is 0 Å². The zero-order valence-electron chi connectivity index (χ0n) is 17.2. The summed E-state index contributed by atoms with van der Waals surface area (Å²) >= 11 is 2.25. The summed E-state index contributed by atoms with van der Waals surface area (Å²) in [5.74, 6) is 1.38. The lowest BCUT2D eigenvalue weighted by atomic mass is 9.90. The summed E-state index contributed by atoms with van der Waals surface area (Å²) in [6.07, 6.45) is 5.78. The van der Waals surface area contributed by atoms with Gasteiger partial charge in [0.1, 0.15) is 17.8 Å². The van der Waals surface area contributed by atoms with Crippen molar-refractivity contribution in [1.29, 1.82) is 0 Å². The molecule has 4 aromatic rings. The standard InChI is InChI=1S/C22H20IN5O3S.CH4/c1-31-20-17(18(29)19(20)30)26-15-6-2-4-13(10-15)14-5-3-8-27(11-14)21-16-7-9-28(32-23)22(16)25-12-24-21;/h2,4,6-7,9-10,12,14,26H,3,5,8,11H2,1H3;1H4. The van der Waals surface area contributed by atoms with Crippen LogP contribution in [0.2, 0.25) is 0 Å². The van der Waals surface area contributed by atoms with Crippen LogP contribution in [0.1, 0.15) is 31.7 Å². The molecular formula is C23H24IN5O3S. The normalized spacial score (nSPS) is 16.1. The van der Waals surface area contributed by atoms with Gasteiger partial charge in [0, 0.05) is 61.2 Å². The molecule has 1 atom stereocenters. The average Bonchev–Trinajstić information content (AvgIpc) is 3.27. The van der Waals surface area contributed by atoms with Gasteiger partial charge in [0.05, 0.1) is 12.5 Å². The van der Waals surface area contributed by atoms with E-state index in [1.165, 1.54) is 12.7 Å². The Labute approximate surface area is 207 Å². The number of aromatic nitrogens is 3. The van der Waals surface area contributed by atoms with Gasteiger partial charge in [-0.2, -0.15) is 0 Å². The first-order valence-corrected chi connectivity index (χ1v) is 13.5. The minimum atomic E-state index is -0.583. The van der Waals surface area contributed by atoms with Gasteiger partial charge in [0.15, 0.2) is 11.4 Å². The fourth-order valence-corrected chi connectivity index (χ4v) is 5.63. The van der Waals surface area contributed by atoms with E-state index in [0.29, 0.717) is 5.92 Å². The number of halogens is 1. The summed E-state index contributed by atoms with van der Waals surface area (Å²) in [4.78, 5) is 34.9. The molecule has 0 aliphatic carbocycles. The third-order valence-corrected chi connectivity index (χ3v) is 7.64. The van der Waals surface area contributed by atoms with E-state index in [2.05, 4.69) is 53.5 Å². The molecule has 10 heteroatoms. The molecule has 1 aliphatic rings. The molecule has 33 heavy (non-hydrogen) atoms.